The largest absolute Gasteiger partial charge is 0.466 e. The molecule has 13 heavy (non-hydrogen) atoms. The second kappa shape index (κ2) is 4.44. The van der Waals surface area contributed by atoms with Gasteiger partial charge in [-0.25, -0.2) is 0 Å². The summed E-state index contributed by atoms with van der Waals surface area (Å²) in [6, 6.07) is 2.28. The van der Waals surface area contributed by atoms with Crippen molar-refractivity contribution >= 4 is 0 Å². The molecule has 0 aliphatic heterocycles. The Hall–Kier alpha value is -0.800. The van der Waals surface area contributed by atoms with E-state index in [0.717, 1.165) is 11.5 Å². The van der Waals surface area contributed by atoms with Crippen LogP contribution in [0.25, 0.3) is 0 Å². The van der Waals surface area contributed by atoms with E-state index in [2.05, 4.69) is 11.4 Å². The second-order valence-electron chi connectivity index (χ2n) is 3.17. The average molecular weight is 183 g/mol. The van der Waals surface area contributed by atoms with E-state index in [1.165, 1.54) is 5.56 Å². The summed E-state index contributed by atoms with van der Waals surface area (Å²) in [6.07, 6.45) is 0. The summed E-state index contributed by atoms with van der Waals surface area (Å²) in [4.78, 5) is 0. The van der Waals surface area contributed by atoms with Crippen LogP contribution in [-0.4, -0.2) is 20.8 Å². The van der Waals surface area contributed by atoms with Crippen molar-refractivity contribution in [2.24, 2.45) is 0 Å². The summed E-state index contributed by atoms with van der Waals surface area (Å²) in [6.45, 7) is 4.59. The van der Waals surface area contributed by atoms with Crippen LogP contribution in [0.5, 0.6) is 0 Å². The Morgan fingerprint density at radius 1 is 1.54 bits per heavy atom. The van der Waals surface area contributed by atoms with Gasteiger partial charge in [0.05, 0.1) is 12.6 Å². The zero-order valence-electron chi connectivity index (χ0n) is 8.68. The minimum absolute atomic E-state index is 0.224. The molecule has 1 unspecified atom stereocenters. The third-order valence-corrected chi connectivity index (χ3v) is 2.14. The van der Waals surface area contributed by atoms with Crippen LogP contribution in [0.3, 0.4) is 0 Å². The SMILES string of the molecule is CNC(COC)c1cc(C)oc1C. The van der Waals surface area contributed by atoms with Gasteiger partial charge in [-0.15, -0.1) is 0 Å². The molecule has 1 rings (SSSR count). The smallest absolute Gasteiger partial charge is 0.105 e. The van der Waals surface area contributed by atoms with E-state index in [9.17, 15) is 0 Å². The Kier molecular flexibility index (Phi) is 3.51. The van der Waals surface area contributed by atoms with Gasteiger partial charge in [0.15, 0.2) is 0 Å². The highest BCUT2D eigenvalue weighted by atomic mass is 16.5. The Morgan fingerprint density at radius 3 is 2.62 bits per heavy atom. The van der Waals surface area contributed by atoms with Crippen molar-refractivity contribution in [1.29, 1.82) is 0 Å². The fourth-order valence-electron chi connectivity index (χ4n) is 1.49. The van der Waals surface area contributed by atoms with Gasteiger partial charge in [-0.3, -0.25) is 0 Å². The summed E-state index contributed by atoms with van der Waals surface area (Å²) in [5.41, 5.74) is 1.18. The van der Waals surface area contributed by atoms with Gasteiger partial charge in [0.1, 0.15) is 11.5 Å². The predicted octanol–water partition coefficient (Wildman–Crippen LogP) is 1.80. The third-order valence-electron chi connectivity index (χ3n) is 2.14. The maximum atomic E-state index is 5.45. The molecule has 1 aromatic heterocycles. The summed E-state index contributed by atoms with van der Waals surface area (Å²) in [7, 11) is 3.62. The quantitative estimate of drug-likeness (QED) is 0.773. The Balaban J connectivity index is 2.83. The number of ether oxygens (including phenoxy) is 1. The number of rotatable bonds is 4. The molecule has 0 aliphatic rings. The number of aryl methyl sites for hydroxylation is 2. The molecule has 74 valence electrons. The average Bonchev–Trinajstić information content (AvgIpc) is 2.41. The van der Waals surface area contributed by atoms with Crippen molar-refractivity contribution in [3.8, 4) is 0 Å². The molecule has 3 heteroatoms. The minimum Gasteiger partial charge on any atom is -0.466 e. The van der Waals surface area contributed by atoms with Crippen LogP contribution in [0, 0.1) is 13.8 Å². The lowest BCUT2D eigenvalue weighted by Crippen LogP contribution is -2.21. The van der Waals surface area contributed by atoms with E-state index in [1.807, 2.05) is 20.9 Å². The van der Waals surface area contributed by atoms with Crippen molar-refractivity contribution in [3.05, 3.63) is 23.2 Å². The summed E-state index contributed by atoms with van der Waals surface area (Å²) in [5.74, 6) is 1.91. The van der Waals surface area contributed by atoms with E-state index in [0.29, 0.717) is 6.61 Å². The monoisotopic (exact) mass is 183 g/mol. The fraction of sp³-hybridized carbons (Fsp3) is 0.600. The lowest BCUT2D eigenvalue weighted by molar-refractivity contribution is 0.169. The van der Waals surface area contributed by atoms with E-state index in [1.54, 1.807) is 7.11 Å². The minimum atomic E-state index is 0.224. The van der Waals surface area contributed by atoms with E-state index in [4.69, 9.17) is 9.15 Å². The van der Waals surface area contributed by atoms with Crippen LogP contribution in [0.4, 0.5) is 0 Å². The highest BCUT2D eigenvalue weighted by Crippen LogP contribution is 2.21. The number of nitrogens with one attached hydrogen (secondary N) is 1. The Bertz CT molecular complexity index is 268. The molecule has 1 aromatic rings. The van der Waals surface area contributed by atoms with Crippen LogP contribution in [0.2, 0.25) is 0 Å². The zero-order chi connectivity index (χ0) is 9.84. The topological polar surface area (TPSA) is 34.4 Å². The van der Waals surface area contributed by atoms with Crippen LogP contribution in [-0.2, 0) is 4.74 Å². The van der Waals surface area contributed by atoms with Crippen molar-refractivity contribution in [3.63, 3.8) is 0 Å². The van der Waals surface area contributed by atoms with Gasteiger partial charge in [-0.05, 0) is 27.0 Å². The number of hydrogen-bond donors (Lipinski definition) is 1. The first kappa shape index (κ1) is 10.3. The van der Waals surface area contributed by atoms with Crippen LogP contribution in [0.15, 0.2) is 10.5 Å². The zero-order valence-corrected chi connectivity index (χ0v) is 8.68. The first-order valence-corrected chi connectivity index (χ1v) is 4.42. The van der Waals surface area contributed by atoms with E-state index in [-0.39, 0.29) is 6.04 Å². The lowest BCUT2D eigenvalue weighted by atomic mass is 10.1. The van der Waals surface area contributed by atoms with Gasteiger partial charge < -0.3 is 14.5 Å². The van der Waals surface area contributed by atoms with Gasteiger partial charge in [-0.1, -0.05) is 0 Å². The maximum Gasteiger partial charge on any atom is 0.105 e. The lowest BCUT2D eigenvalue weighted by Gasteiger charge is -2.13. The molecular formula is C10H17NO2. The highest BCUT2D eigenvalue weighted by Gasteiger charge is 2.14. The summed E-state index contributed by atoms with van der Waals surface area (Å²) >= 11 is 0. The molecule has 0 aromatic carbocycles. The number of hydrogen-bond acceptors (Lipinski definition) is 3. The highest BCUT2D eigenvalue weighted by molar-refractivity contribution is 5.24. The molecule has 0 aliphatic carbocycles. The summed E-state index contributed by atoms with van der Waals surface area (Å²) < 4.78 is 10.6. The predicted molar refractivity (Wildman–Crippen MR) is 51.9 cm³/mol. The van der Waals surface area contributed by atoms with Crippen LogP contribution >= 0.6 is 0 Å². The second-order valence-corrected chi connectivity index (χ2v) is 3.17. The molecule has 0 amide bonds. The van der Waals surface area contributed by atoms with Crippen molar-refractivity contribution in [2.45, 2.75) is 19.9 Å². The van der Waals surface area contributed by atoms with Crippen molar-refractivity contribution in [2.75, 3.05) is 20.8 Å². The van der Waals surface area contributed by atoms with Gasteiger partial charge in [0, 0.05) is 12.7 Å². The van der Waals surface area contributed by atoms with Crippen molar-refractivity contribution < 1.29 is 9.15 Å². The third kappa shape index (κ3) is 2.32. The molecule has 1 heterocycles. The fourth-order valence-corrected chi connectivity index (χ4v) is 1.49. The standard InChI is InChI=1S/C10H17NO2/c1-7-5-9(8(2)13-7)10(11-3)6-12-4/h5,10-11H,6H2,1-4H3. The number of likely N-dealkylation sites (N-methyl/N-ethyl adjacent to an activating group) is 1. The molecule has 0 radical (unpaired) electrons. The normalized spacial score (nSPS) is 13.2. The number of methoxy groups -OCH3 is 1. The molecule has 3 nitrogen and oxygen atoms in total. The van der Waals surface area contributed by atoms with Gasteiger partial charge >= 0.3 is 0 Å². The maximum absolute atomic E-state index is 5.45. The van der Waals surface area contributed by atoms with E-state index < -0.39 is 0 Å². The molecule has 0 bridgehead atoms. The molecular weight excluding hydrogens is 166 g/mol. The molecule has 0 saturated heterocycles. The van der Waals surface area contributed by atoms with Gasteiger partial charge in [0.25, 0.3) is 0 Å². The molecule has 1 N–H and O–H groups in total. The van der Waals surface area contributed by atoms with Gasteiger partial charge in [0.2, 0.25) is 0 Å². The summed E-state index contributed by atoms with van der Waals surface area (Å²) in [5, 5.41) is 3.19. The molecule has 1 atom stereocenters. The molecule has 0 spiro atoms. The van der Waals surface area contributed by atoms with Crippen molar-refractivity contribution in [1.82, 2.24) is 5.32 Å². The Morgan fingerprint density at radius 2 is 2.23 bits per heavy atom. The Labute approximate surface area is 79.1 Å². The van der Waals surface area contributed by atoms with Gasteiger partial charge in [-0.2, -0.15) is 0 Å². The first-order chi connectivity index (χ1) is 6.19. The van der Waals surface area contributed by atoms with Crippen LogP contribution < -0.4 is 5.32 Å². The van der Waals surface area contributed by atoms with E-state index >= 15 is 0 Å². The number of furan rings is 1. The van der Waals surface area contributed by atoms with Crippen LogP contribution in [0.1, 0.15) is 23.1 Å². The molecule has 0 fully saturated rings. The first-order valence-electron chi connectivity index (χ1n) is 4.42. The molecule has 0 saturated carbocycles.